The second-order valence-corrected chi connectivity index (χ2v) is 5.09. The lowest BCUT2D eigenvalue weighted by Crippen LogP contribution is -2.21. The van der Waals surface area contributed by atoms with Crippen molar-refractivity contribution in [3.63, 3.8) is 0 Å². The zero-order valence-electron chi connectivity index (χ0n) is 9.91. The Kier molecular flexibility index (Phi) is 5.46. The molecule has 0 aliphatic heterocycles. The Morgan fingerprint density at radius 1 is 1.44 bits per heavy atom. The molecule has 0 saturated carbocycles. The molecular formula is C13H20BrNO. The van der Waals surface area contributed by atoms with Crippen molar-refractivity contribution in [1.29, 1.82) is 0 Å². The van der Waals surface area contributed by atoms with Gasteiger partial charge < -0.3 is 10.8 Å². The molecule has 0 aromatic heterocycles. The van der Waals surface area contributed by atoms with E-state index >= 15 is 0 Å². The molecule has 0 fully saturated rings. The van der Waals surface area contributed by atoms with Crippen molar-refractivity contribution in [2.45, 2.75) is 38.7 Å². The zero-order chi connectivity index (χ0) is 12.1. The minimum atomic E-state index is -0.403. The fourth-order valence-electron chi connectivity index (χ4n) is 1.80. The van der Waals surface area contributed by atoms with Crippen molar-refractivity contribution in [1.82, 2.24) is 0 Å². The Balaban J connectivity index is 2.76. The van der Waals surface area contributed by atoms with Gasteiger partial charge >= 0.3 is 0 Å². The van der Waals surface area contributed by atoms with Crippen LogP contribution in [0.4, 0.5) is 0 Å². The summed E-state index contributed by atoms with van der Waals surface area (Å²) in [5, 5.41) is 9.52. The lowest BCUT2D eigenvalue weighted by molar-refractivity contribution is 0.165. The number of halogens is 1. The van der Waals surface area contributed by atoms with Crippen molar-refractivity contribution >= 4 is 15.9 Å². The van der Waals surface area contributed by atoms with Crippen LogP contribution >= 0.6 is 15.9 Å². The third kappa shape index (κ3) is 3.58. The Labute approximate surface area is 106 Å². The molecule has 0 amide bonds. The summed E-state index contributed by atoms with van der Waals surface area (Å²) in [4.78, 5) is 0. The third-order valence-corrected chi connectivity index (χ3v) is 3.66. The molecule has 0 saturated heterocycles. The van der Waals surface area contributed by atoms with E-state index in [2.05, 4.69) is 48.0 Å². The maximum absolute atomic E-state index is 9.52. The quantitative estimate of drug-likeness (QED) is 0.874. The van der Waals surface area contributed by atoms with Crippen LogP contribution in [0.1, 0.15) is 37.3 Å². The van der Waals surface area contributed by atoms with Crippen LogP contribution < -0.4 is 5.73 Å². The van der Waals surface area contributed by atoms with Gasteiger partial charge in [0.1, 0.15) is 0 Å². The van der Waals surface area contributed by atoms with Crippen LogP contribution in [0.5, 0.6) is 0 Å². The van der Waals surface area contributed by atoms with Crippen LogP contribution in [0.15, 0.2) is 22.7 Å². The molecule has 90 valence electrons. The molecule has 1 aromatic carbocycles. The Hall–Kier alpha value is -0.380. The summed E-state index contributed by atoms with van der Waals surface area (Å²) in [5.41, 5.74) is 7.98. The summed E-state index contributed by atoms with van der Waals surface area (Å²) in [6.07, 6.45) is 1.34. The molecule has 1 aromatic rings. The van der Waals surface area contributed by atoms with E-state index in [4.69, 9.17) is 5.73 Å². The smallest absolute Gasteiger partial charge is 0.0668 e. The first kappa shape index (κ1) is 13.7. The van der Waals surface area contributed by atoms with E-state index in [1.165, 1.54) is 11.1 Å². The topological polar surface area (TPSA) is 46.2 Å². The van der Waals surface area contributed by atoms with Gasteiger partial charge in [0, 0.05) is 11.0 Å². The summed E-state index contributed by atoms with van der Waals surface area (Å²) >= 11 is 3.57. The fraction of sp³-hybridized carbons (Fsp3) is 0.538. The predicted octanol–water partition coefficient (Wildman–Crippen LogP) is 2.82. The molecule has 2 nitrogen and oxygen atoms in total. The van der Waals surface area contributed by atoms with Crippen molar-refractivity contribution in [3.8, 4) is 0 Å². The highest BCUT2D eigenvalue weighted by Crippen LogP contribution is 2.26. The van der Waals surface area contributed by atoms with Gasteiger partial charge in [0.15, 0.2) is 0 Å². The maximum Gasteiger partial charge on any atom is 0.0668 e. The van der Waals surface area contributed by atoms with Crippen LogP contribution in [0.25, 0.3) is 0 Å². The average molecular weight is 286 g/mol. The van der Waals surface area contributed by atoms with E-state index in [0.29, 0.717) is 18.9 Å². The van der Waals surface area contributed by atoms with Crippen molar-refractivity contribution in [2.75, 3.05) is 6.54 Å². The molecule has 1 rings (SSSR count). The van der Waals surface area contributed by atoms with Crippen LogP contribution in [0.3, 0.4) is 0 Å². The molecule has 3 N–H and O–H groups in total. The standard InChI is InChI=1S/C13H20BrNO/c1-3-10-4-5-11(7-13(10)14)9(2)6-12(16)8-15/h4-5,7,9,12,16H,3,6,8,15H2,1-2H3. The molecule has 0 bridgehead atoms. The SMILES string of the molecule is CCc1ccc(C(C)CC(O)CN)cc1Br. The zero-order valence-corrected chi connectivity index (χ0v) is 11.5. The number of aryl methyl sites for hydroxylation is 1. The van der Waals surface area contributed by atoms with Gasteiger partial charge in [0.2, 0.25) is 0 Å². The molecule has 0 radical (unpaired) electrons. The predicted molar refractivity (Wildman–Crippen MR) is 71.6 cm³/mol. The van der Waals surface area contributed by atoms with E-state index in [1.54, 1.807) is 0 Å². The highest BCUT2D eigenvalue weighted by Gasteiger charge is 2.11. The van der Waals surface area contributed by atoms with Gasteiger partial charge in [0.25, 0.3) is 0 Å². The first-order valence-corrected chi connectivity index (χ1v) is 6.54. The Bertz CT molecular complexity index is 341. The summed E-state index contributed by atoms with van der Waals surface area (Å²) < 4.78 is 1.15. The van der Waals surface area contributed by atoms with E-state index in [1.807, 2.05) is 0 Å². The van der Waals surface area contributed by atoms with Gasteiger partial charge in [0.05, 0.1) is 6.10 Å². The first-order chi connectivity index (χ1) is 7.58. The molecule has 0 aliphatic carbocycles. The molecule has 2 unspecified atom stereocenters. The van der Waals surface area contributed by atoms with E-state index in [-0.39, 0.29) is 0 Å². The van der Waals surface area contributed by atoms with E-state index in [9.17, 15) is 5.11 Å². The largest absolute Gasteiger partial charge is 0.392 e. The number of hydrogen-bond acceptors (Lipinski definition) is 2. The molecule has 2 atom stereocenters. The molecule has 3 heteroatoms. The number of rotatable bonds is 5. The normalized spacial score (nSPS) is 14.8. The average Bonchev–Trinajstić information content (AvgIpc) is 2.28. The van der Waals surface area contributed by atoms with Crippen molar-refractivity contribution in [3.05, 3.63) is 33.8 Å². The lowest BCUT2D eigenvalue weighted by atomic mass is 9.94. The Morgan fingerprint density at radius 2 is 2.12 bits per heavy atom. The molecular weight excluding hydrogens is 266 g/mol. The molecule has 16 heavy (non-hydrogen) atoms. The maximum atomic E-state index is 9.52. The van der Waals surface area contributed by atoms with Crippen molar-refractivity contribution in [2.24, 2.45) is 5.73 Å². The van der Waals surface area contributed by atoms with Crippen LogP contribution in [-0.4, -0.2) is 17.8 Å². The summed E-state index contributed by atoms with van der Waals surface area (Å²) in [6.45, 7) is 4.59. The van der Waals surface area contributed by atoms with Gasteiger partial charge in [-0.15, -0.1) is 0 Å². The van der Waals surface area contributed by atoms with Gasteiger partial charge in [-0.05, 0) is 36.0 Å². The number of hydrogen-bond donors (Lipinski definition) is 2. The van der Waals surface area contributed by atoms with Crippen LogP contribution in [0, 0.1) is 0 Å². The van der Waals surface area contributed by atoms with Crippen LogP contribution in [-0.2, 0) is 6.42 Å². The van der Waals surface area contributed by atoms with Crippen LogP contribution in [0.2, 0.25) is 0 Å². The first-order valence-electron chi connectivity index (χ1n) is 5.74. The van der Waals surface area contributed by atoms with E-state index in [0.717, 1.165) is 10.9 Å². The summed E-state index contributed by atoms with van der Waals surface area (Å²) in [7, 11) is 0. The second kappa shape index (κ2) is 6.38. The summed E-state index contributed by atoms with van der Waals surface area (Å²) in [5.74, 6) is 0.334. The highest BCUT2D eigenvalue weighted by molar-refractivity contribution is 9.10. The second-order valence-electron chi connectivity index (χ2n) is 4.23. The monoisotopic (exact) mass is 285 g/mol. The number of aliphatic hydroxyl groups is 1. The summed E-state index contributed by atoms with van der Waals surface area (Å²) in [6, 6.07) is 6.43. The molecule has 0 heterocycles. The lowest BCUT2D eigenvalue weighted by Gasteiger charge is -2.16. The highest BCUT2D eigenvalue weighted by atomic mass is 79.9. The minimum Gasteiger partial charge on any atom is -0.392 e. The van der Waals surface area contributed by atoms with Crippen molar-refractivity contribution < 1.29 is 5.11 Å². The van der Waals surface area contributed by atoms with E-state index < -0.39 is 6.10 Å². The third-order valence-electron chi connectivity index (χ3n) is 2.92. The van der Waals surface area contributed by atoms with Gasteiger partial charge in [-0.2, -0.15) is 0 Å². The number of benzene rings is 1. The van der Waals surface area contributed by atoms with Gasteiger partial charge in [-0.1, -0.05) is 41.9 Å². The van der Waals surface area contributed by atoms with Gasteiger partial charge in [-0.3, -0.25) is 0 Å². The van der Waals surface area contributed by atoms with Gasteiger partial charge in [-0.25, -0.2) is 0 Å². The number of nitrogens with two attached hydrogens (primary N) is 1. The Morgan fingerprint density at radius 3 is 2.62 bits per heavy atom. The molecule has 0 aliphatic rings. The number of aliphatic hydroxyl groups excluding tert-OH is 1. The molecule has 0 spiro atoms. The fourth-order valence-corrected chi connectivity index (χ4v) is 2.47. The minimum absolute atomic E-state index is 0.332.